The van der Waals surface area contributed by atoms with Gasteiger partial charge in [-0.15, -0.1) is 0 Å². The van der Waals surface area contributed by atoms with Gasteiger partial charge in [0.25, 0.3) is 5.91 Å². The van der Waals surface area contributed by atoms with Gasteiger partial charge < -0.3 is 20.2 Å². The zero-order valence-electron chi connectivity index (χ0n) is 22.0. The number of nitrogens with one attached hydrogen (secondary N) is 1. The Morgan fingerprint density at radius 3 is 2.50 bits per heavy atom. The minimum atomic E-state index is -3.19. The molecule has 38 heavy (non-hydrogen) atoms. The highest BCUT2D eigenvalue weighted by Gasteiger charge is 2.29. The highest BCUT2D eigenvalue weighted by Crippen LogP contribution is 2.38. The predicted molar refractivity (Wildman–Crippen MR) is 148 cm³/mol. The number of rotatable bonds is 8. The highest BCUT2D eigenvalue weighted by molar-refractivity contribution is 7.89. The number of amides is 1. The maximum Gasteiger partial charge on any atom is 0.250 e. The van der Waals surface area contributed by atoms with Gasteiger partial charge in [-0.2, -0.15) is 0 Å². The Labute approximate surface area is 223 Å². The van der Waals surface area contributed by atoms with Crippen molar-refractivity contribution in [1.29, 1.82) is 0 Å². The second-order valence-corrected chi connectivity index (χ2v) is 12.3. The lowest BCUT2D eigenvalue weighted by molar-refractivity contribution is 0.0339. The van der Waals surface area contributed by atoms with Crippen molar-refractivity contribution in [3.8, 4) is 16.9 Å². The number of fused-ring (bicyclic) bond motifs is 1. The number of carbonyl (C=O) groups excluding carboxylic acids is 1. The summed E-state index contributed by atoms with van der Waals surface area (Å²) in [7, 11) is -1.51. The zero-order valence-corrected chi connectivity index (χ0v) is 22.9. The Morgan fingerprint density at radius 2 is 1.84 bits per heavy atom. The topological polar surface area (TPSA) is 118 Å². The van der Waals surface area contributed by atoms with E-state index in [1.807, 2.05) is 24.4 Å². The van der Waals surface area contributed by atoms with Crippen molar-refractivity contribution >= 4 is 26.8 Å². The van der Waals surface area contributed by atoms with E-state index in [4.69, 9.17) is 15.2 Å². The SMILES string of the molecule is CCS(=O)(=O)N1CCC(c2c[nH]c3c(C(N)=O)cc(-c4ccc(OC)c(CN5CCOCC5)c4)cc23)CC1. The number of hydrogen-bond donors (Lipinski definition) is 2. The maximum absolute atomic E-state index is 12.5. The summed E-state index contributed by atoms with van der Waals surface area (Å²) in [5, 5.41) is 0.957. The van der Waals surface area contributed by atoms with Gasteiger partial charge in [-0.3, -0.25) is 9.69 Å². The molecule has 10 heteroatoms. The fraction of sp³-hybridized carbons (Fsp3) is 0.464. The first-order chi connectivity index (χ1) is 18.3. The molecule has 0 atom stereocenters. The third-order valence-electron chi connectivity index (χ3n) is 7.85. The Hall–Kier alpha value is -2.92. The number of carbonyl (C=O) groups is 1. The number of aromatic amines is 1. The lowest BCUT2D eigenvalue weighted by atomic mass is 9.88. The molecule has 3 N–H and O–H groups in total. The van der Waals surface area contributed by atoms with Crippen LogP contribution in [-0.4, -0.2) is 80.8 Å². The van der Waals surface area contributed by atoms with Crippen molar-refractivity contribution in [2.75, 3.05) is 52.3 Å². The molecule has 0 bridgehead atoms. The lowest BCUT2D eigenvalue weighted by Crippen LogP contribution is -2.38. The summed E-state index contributed by atoms with van der Waals surface area (Å²) < 4.78 is 37.4. The van der Waals surface area contributed by atoms with Crippen molar-refractivity contribution in [3.05, 3.63) is 53.2 Å². The largest absolute Gasteiger partial charge is 0.496 e. The molecule has 2 aromatic carbocycles. The number of piperidine rings is 1. The third-order valence-corrected chi connectivity index (χ3v) is 9.73. The molecule has 0 saturated carbocycles. The third kappa shape index (κ3) is 5.31. The molecule has 0 spiro atoms. The van der Waals surface area contributed by atoms with Crippen LogP contribution in [0.2, 0.25) is 0 Å². The van der Waals surface area contributed by atoms with Gasteiger partial charge in [-0.05, 0) is 66.6 Å². The minimum Gasteiger partial charge on any atom is -0.496 e. The van der Waals surface area contributed by atoms with Gasteiger partial charge in [0.1, 0.15) is 5.75 Å². The van der Waals surface area contributed by atoms with Crippen LogP contribution in [0.15, 0.2) is 36.5 Å². The molecule has 2 saturated heterocycles. The number of primary amides is 1. The lowest BCUT2D eigenvalue weighted by Gasteiger charge is -2.31. The summed E-state index contributed by atoms with van der Waals surface area (Å²) in [6.45, 7) is 6.62. The van der Waals surface area contributed by atoms with E-state index < -0.39 is 15.9 Å². The van der Waals surface area contributed by atoms with Crippen molar-refractivity contribution in [2.45, 2.75) is 32.2 Å². The fourth-order valence-electron chi connectivity index (χ4n) is 5.66. The highest BCUT2D eigenvalue weighted by atomic mass is 32.2. The van der Waals surface area contributed by atoms with Gasteiger partial charge >= 0.3 is 0 Å². The number of nitrogens with two attached hydrogens (primary N) is 1. The summed E-state index contributed by atoms with van der Waals surface area (Å²) in [5.41, 5.74) is 11.1. The summed E-state index contributed by atoms with van der Waals surface area (Å²) in [5.74, 6) is 0.644. The number of methoxy groups -OCH3 is 1. The van der Waals surface area contributed by atoms with Crippen LogP contribution in [0.1, 0.15) is 47.2 Å². The van der Waals surface area contributed by atoms with Gasteiger partial charge in [-0.25, -0.2) is 12.7 Å². The van der Waals surface area contributed by atoms with E-state index in [2.05, 4.69) is 22.0 Å². The summed E-state index contributed by atoms with van der Waals surface area (Å²) in [4.78, 5) is 18.1. The molecule has 0 aliphatic carbocycles. The molecular weight excluding hydrogens is 504 g/mol. The first-order valence-electron chi connectivity index (χ1n) is 13.2. The summed E-state index contributed by atoms with van der Waals surface area (Å²) >= 11 is 0. The second-order valence-electron chi connectivity index (χ2n) is 10.0. The van der Waals surface area contributed by atoms with E-state index >= 15 is 0 Å². The van der Waals surface area contributed by atoms with E-state index in [1.54, 1.807) is 18.3 Å². The zero-order chi connectivity index (χ0) is 26.9. The van der Waals surface area contributed by atoms with Crippen LogP contribution >= 0.6 is 0 Å². The number of benzene rings is 2. The molecule has 3 aromatic rings. The molecular formula is C28H36N4O5S. The maximum atomic E-state index is 12.5. The molecule has 0 radical (unpaired) electrons. The number of nitrogens with zero attached hydrogens (tertiary/aromatic N) is 2. The van der Waals surface area contributed by atoms with Crippen LogP contribution < -0.4 is 10.5 Å². The van der Waals surface area contributed by atoms with E-state index in [-0.39, 0.29) is 11.7 Å². The van der Waals surface area contributed by atoms with Crippen molar-refractivity contribution in [3.63, 3.8) is 0 Å². The monoisotopic (exact) mass is 540 g/mol. The molecule has 1 amide bonds. The Balaban J connectivity index is 1.50. The number of sulfonamides is 1. The minimum absolute atomic E-state index is 0.117. The van der Waals surface area contributed by atoms with Crippen molar-refractivity contribution in [1.82, 2.24) is 14.2 Å². The van der Waals surface area contributed by atoms with Gasteiger partial charge in [0, 0.05) is 49.9 Å². The van der Waals surface area contributed by atoms with Crippen molar-refractivity contribution < 1.29 is 22.7 Å². The Bertz CT molecular complexity index is 1420. The molecule has 2 aliphatic heterocycles. The molecule has 5 rings (SSSR count). The number of hydrogen-bond acceptors (Lipinski definition) is 6. The smallest absolute Gasteiger partial charge is 0.250 e. The number of ether oxygens (including phenoxy) is 2. The van der Waals surface area contributed by atoms with Crippen molar-refractivity contribution in [2.24, 2.45) is 5.73 Å². The first-order valence-corrected chi connectivity index (χ1v) is 14.8. The number of morpholine rings is 1. The van der Waals surface area contributed by atoms with Crippen LogP contribution in [0.5, 0.6) is 5.75 Å². The molecule has 2 fully saturated rings. The van der Waals surface area contributed by atoms with Crippen LogP contribution in [0.4, 0.5) is 0 Å². The van der Waals surface area contributed by atoms with E-state index in [9.17, 15) is 13.2 Å². The Morgan fingerprint density at radius 1 is 1.11 bits per heavy atom. The van der Waals surface area contributed by atoms with Gasteiger partial charge in [0.05, 0.1) is 37.2 Å². The standard InChI is InChI=1S/C28H36N4O5S/c1-3-38(34,35)32-8-6-19(7-9-32)25-17-30-27-23(25)15-21(16-24(27)28(29)33)20-4-5-26(36-2)22(14-20)18-31-10-12-37-13-11-31/h4-5,14-17,19,30H,3,6-13,18H2,1-2H3,(H2,29,33). The summed E-state index contributed by atoms with van der Waals surface area (Å²) in [6, 6.07) is 10.1. The van der Waals surface area contributed by atoms with Crippen LogP contribution in [-0.2, 0) is 21.3 Å². The molecule has 2 aliphatic rings. The normalized spacial score (nSPS) is 18.2. The average Bonchev–Trinajstić information content (AvgIpc) is 3.37. The summed E-state index contributed by atoms with van der Waals surface area (Å²) in [6.07, 6.45) is 3.41. The molecule has 1 aromatic heterocycles. The first kappa shape index (κ1) is 26.7. The molecule has 0 unspecified atom stereocenters. The van der Waals surface area contributed by atoms with Crippen LogP contribution in [0.3, 0.4) is 0 Å². The molecule has 9 nitrogen and oxygen atoms in total. The molecule has 204 valence electrons. The number of H-pyrrole nitrogens is 1. The molecule has 3 heterocycles. The van der Waals surface area contributed by atoms with Gasteiger partial charge in [0.15, 0.2) is 0 Å². The number of aromatic nitrogens is 1. The Kier molecular flexibility index (Phi) is 7.76. The average molecular weight is 541 g/mol. The predicted octanol–water partition coefficient (Wildman–Crippen LogP) is 3.30. The fourth-order valence-corrected chi connectivity index (χ4v) is 6.79. The van der Waals surface area contributed by atoms with Gasteiger partial charge in [0.2, 0.25) is 10.0 Å². The van der Waals surface area contributed by atoms with E-state index in [0.717, 1.165) is 84.6 Å². The van der Waals surface area contributed by atoms with E-state index in [0.29, 0.717) is 18.7 Å². The van der Waals surface area contributed by atoms with Crippen LogP contribution in [0, 0.1) is 0 Å². The van der Waals surface area contributed by atoms with Crippen LogP contribution in [0.25, 0.3) is 22.0 Å². The quantitative estimate of drug-likeness (QED) is 0.453. The van der Waals surface area contributed by atoms with E-state index in [1.165, 1.54) is 0 Å². The van der Waals surface area contributed by atoms with Gasteiger partial charge in [-0.1, -0.05) is 6.07 Å². The second kappa shape index (κ2) is 11.1.